The number of carboxylic acid groups (broad SMARTS) is 1. The molecule has 2 unspecified atom stereocenters. The number of hydrogen-bond donors (Lipinski definition) is 1. The first-order valence-electron chi connectivity index (χ1n) is 12.9. The summed E-state index contributed by atoms with van der Waals surface area (Å²) in [6, 6.07) is 8.35. The van der Waals surface area contributed by atoms with Crippen molar-refractivity contribution in [1.29, 1.82) is 0 Å². The number of aromatic carboxylic acids is 1. The highest BCUT2D eigenvalue weighted by atomic mass is 19.3. The number of hydrogen-bond acceptors (Lipinski definition) is 8. The molecule has 1 N–H and O–H groups in total. The van der Waals surface area contributed by atoms with Crippen LogP contribution < -0.4 is 9.64 Å². The van der Waals surface area contributed by atoms with Crippen LogP contribution in [0.25, 0.3) is 11.3 Å². The van der Waals surface area contributed by atoms with Crippen molar-refractivity contribution in [1.82, 2.24) is 15.1 Å². The highest BCUT2D eigenvalue weighted by Crippen LogP contribution is 2.46. The molecule has 0 spiro atoms. The SMILES string of the molecule is Cc1cc(C(=O)O)nc(N2C3CCC2CC(OCc2c(-c4ccccc4OC(F)F)noc2C2CC2)C3)n1. The normalized spacial score (nSPS) is 22.7. The largest absolute Gasteiger partial charge is 0.477 e. The minimum atomic E-state index is -2.95. The average Bonchev–Trinajstić information content (AvgIpc) is 3.58. The van der Waals surface area contributed by atoms with Gasteiger partial charge in [-0.1, -0.05) is 17.3 Å². The topological polar surface area (TPSA) is 111 Å². The van der Waals surface area contributed by atoms with Crippen LogP contribution in [0, 0.1) is 6.92 Å². The van der Waals surface area contributed by atoms with E-state index in [4.69, 9.17) is 14.0 Å². The predicted molar refractivity (Wildman–Crippen MR) is 131 cm³/mol. The van der Waals surface area contributed by atoms with E-state index < -0.39 is 12.6 Å². The Bertz CT molecular complexity index is 1330. The molecule has 2 atom stereocenters. The first-order valence-corrected chi connectivity index (χ1v) is 12.9. The highest BCUT2D eigenvalue weighted by molar-refractivity contribution is 5.85. The monoisotopic (exact) mass is 526 g/mol. The van der Waals surface area contributed by atoms with Crippen LogP contribution in [-0.4, -0.2) is 51.0 Å². The molecule has 1 aliphatic carbocycles. The van der Waals surface area contributed by atoms with Gasteiger partial charge in [0.2, 0.25) is 5.95 Å². The second-order valence-corrected chi connectivity index (χ2v) is 10.2. The van der Waals surface area contributed by atoms with E-state index >= 15 is 0 Å². The minimum Gasteiger partial charge on any atom is -0.477 e. The molecule has 2 bridgehead atoms. The molecular weight excluding hydrogens is 498 g/mol. The molecule has 3 aliphatic rings. The number of carbonyl (C=O) groups is 1. The maximum absolute atomic E-state index is 13.0. The van der Waals surface area contributed by atoms with Gasteiger partial charge >= 0.3 is 12.6 Å². The van der Waals surface area contributed by atoms with Crippen LogP contribution in [-0.2, 0) is 11.3 Å². The summed E-state index contributed by atoms with van der Waals surface area (Å²) in [5.41, 5.74) is 2.31. The fourth-order valence-corrected chi connectivity index (χ4v) is 5.77. The first kappa shape index (κ1) is 24.7. The molecule has 1 saturated carbocycles. The second kappa shape index (κ2) is 9.94. The van der Waals surface area contributed by atoms with Crippen molar-refractivity contribution in [3.8, 4) is 17.0 Å². The van der Waals surface area contributed by atoms with E-state index in [1.54, 1.807) is 25.1 Å². The number of benzene rings is 1. The number of aromatic nitrogens is 3. The van der Waals surface area contributed by atoms with Gasteiger partial charge in [0.05, 0.1) is 12.7 Å². The molecule has 11 heteroatoms. The Labute approximate surface area is 217 Å². The molecule has 9 nitrogen and oxygen atoms in total. The van der Waals surface area contributed by atoms with Gasteiger partial charge in [-0.3, -0.25) is 0 Å². The van der Waals surface area contributed by atoms with Crippen LogP contribution in [0.3, 0.4) is 0 Å². The fraction of sp³-hybridized carbons (Fsp3) is 0.481. The summed E-state index contributed by atoms with van der Waals surface area (Å²) in [6.07, 6.45) is 5.36. The van der Waals surface area contributed by atoms with Gasteiger partial charge in [-0.25, -0.2) is 14.8 Å². The number of para-hydroxylation sites is 1. The first-order chi connectivity index (χ1) is 18.4. The van der Waals surface area contributed by atoms with Crippen LogP contribution in [0.5, 0.6) is 5.75 Å². The van der Waals surface area contributed by atoms with Crippen LogP contribution >= 0.6 is 0 Å². The van der Waals surface area contributed by atoms with Gasteiger partial charge in [0, 0.05) is 34.8 Å². The number of nitrogens with zero attached hydrogens (tertiary/aromatic N) is 4. The van der Waals surface area contributed by atoms with E-state index in [-0.39, 0.29) is 42.2 Å². The van der Waals surface area contributed by atoms with Gasteiger partial charge in [-0.05, 0) is 63.6 Å². The quantitative estimate of drug-likeness (QED) is 0.395. The van der Waals surface area contributed by atoms with E-state index in [0.717, 1.165) is 49.8 Å². The molecule has 1 aromatic carbocycles. The lowest BCUT2D eigenvalue weighted by atomic mass is 9.99. The maximum atomic E-state index is 13.0. The van der Waals surface area contributed by atoms with Gasteiger partial charge < -0.3 is 24.0 Å². The lowest BCUT2D eigenvalue weighted by molar-refractivity contribution is -0.0494. The summed E-state index contributed by atoms with van der Waals surface area (Å²) >= 11 is 0. The van der Waals surface area contributed by atoms with Gasteiger partial charge in [0.15, 0.2) is 5.69 Å². The summed E-state index contributed by atoms with van der Waals surface area (Å²) in [5.74, 6) is 0.448. The number of rotatable bonds is 9. The van der Waals surface area contributed by atoms with Crippen molar-refractivity contribution in [2.24, 2.45) is 0 Å². The number of fused-ring (bicyclic) bond motifs is 2. The number of piperidine rings is 1. The molecule has 200 valence electrons. The Morgan fingerprint density at radius 1 is 1.16 bits per heavy atom. The Balaban J connectivity index is 1.21. The molecule has 6 rings (SSSR count). The molecule has 2 saturated heterocycles. The van der Waals surface area contributed by atoms with Gasteiger partial charge in [-0.2, -0.15) is 8.78 Å². The van der Waals surface area contributed by atoms with Crippen molar-refractivity contribution in [3.63, 3.8) is 0 Å². The summed E-state index contributed by atoms with van der Waals surface area (Å²) in [4.78, 5) is 22.5. The van der Waals surface area contributed by atoms with Crippen molar-refractivity contribution in [2.75, 3.05) is 4.90 Å². The third-order valence-corrected chi connectivity index (χ3v) is 7.57. The highest BCUT2D eigenvalue weighted by Gasteiger charge is 2.43. The summed E-state index contributed by atoms with van der Waals surface area (Å²) < 4.78 is 42.9. The summed E-state index contributed by atoms with van der Waals surface area (Å²) in [6.45, 7) is -0.925. The number of anilines is 1. The van der Waals surface area contributed by atoms with Crippen LogP contribution in [0.15, 0.2) is 34.9 Å². The lowest BCUT2D eigenvalue weighted by Crippen LogP contribution is -2.46. The van der Waals surface area contributed by atoms with Gasteiger partial charge in [-0.15, -0.1) is 0 Å². The number of aryl methyl sites for hydroxylation is 1. The molecule has 0 amide bonds. The van der Waals surface area contributed by atoms with Crippen molar-refractivity contribution < 1.29 is 32.7 Å². The number of halogens is 2. The predicted octanol–water partition coefficient (Wildman–Crippen LogP) is 5.33. The molecule has 2 aliphatic heterocycles. The van der Waals surface area contributed by atoms with Crippen LogP contribution in [0.4, 0.5) is 14.7 Å². The Kier molecular flexibility index (Phi) is 6.46. The Morgan fingerprint density at radius 2 is 1.89 bits per heavy atom. The summed E-state index contributed by atoms with van der Waals surface area (Å²) in [7, 11) is 0. The molecule has 4 heterocycles. The zero-order valence-electron chi connectivity index (χ0n) is 20.8. The van der Waals surface area contributed by atoms with Gasteiger partial charge in [0.25, 0.3) is 0 Å². The molecule has 3 aromatic rings. The third-order valence-electron chi connectivity index (χ3n) is 7.57. The van der Waals surface area contributed by atoms with Crippen LogP contribution in [0.1, 0.15) is 71.9 Å². The zero-order chi connectivity index (χ0) is 26.4. The number of alkyl halides is 2. The molecule has 0 radical (unpaired) electrons. The standard InChI is InChI=1S/C27H28F2N4O5/c1-14-10-21(25(34)35)31-27(30-14)33-16-8-9-17(33)12-18(11-16)36-13-20-23(32-38-24(20)15-6-7-15)19-4-2-3-5-22(19)37-26(28)29/h2-5,10,15-18,26H,6-9,11-13H2,1H3,(H,34,35). The van der Waals surface area contributed by atoms with Crippen molar-refractivity contribution in [3.05, 3.63) is 53.0 Å². The summed E-state index contributed by atoms with van der Waals surface area (Å²) in [5, 5.41) is 13.7. The third kappa shape index (κ3) is 4.82. The van der Waals surface area contributed by atoms with Gasteiger partial charge in [0.1, 0.15) is 17.2 Å². The van der Waals surface area contributed by atoms with E-state index in [1.807, 2.05) is 0 Å². The van der Waals surface area contributed by atoms with E-state index in [1.165, 1.54) is 12.1 Å². The number of ether oxygens (including phenoxy) is 2. The Morgan fingerprint density at radius 3 is 2.58 bits per heavy atom. The average molecular weight is 527 g/mol. The lowest BCUT2D eigenvalue weighted by Gasteiger charge is -2.39. The zero-order valence-corrected chi connectivity index (χ0v) is 20.8. The number of carboxylic acids is 1. The maximum Gasteiger partial charge on any atom is 0.387 e. The molecule has 3 fully saturated rings. The molecule has 2 aromatic heterocycles. The van der Waals surface area contributed by atoms with E-state index in [2.05, 4.69) is 20.0 Å². The van der Waals surface area contributed by atoms with E-state index in [9.17, 15) is 18.7 Å². The van der Waals surface area contributed by atoms with Crippen molar-refractivity contribution >= 4 is 11.9 Å². The fourth-order valence-electron chi connectivity index (χ4n) is 5.77. The van der Waals surface area contributed by atoms with Crippen LogP contribution in [0.2, 0.25) is 0 Å². The minimum absolute atomic E-state index is 0.00558. The second-order valence-electron chi connectivity index (χ2n) is 10.2. The smallest absolute Gasteiger partial charge is 0.387 e. The molecule has 38 heavy (non-hydrogen) atoms. The van der Waals surface area contributed by atoms with Crippen molar-refractivity contribution in [2.45, 2.75) is 82.8 Å². The molecular formula is C27H28F2N4O5. The Hall–Kier alpha value is -3.60. The van der Waals surface area contributed by atoms with E-state index in [0.29, 0.717) is 22.9 Å².